The van der Waals surface area contributed by atoms with Gasteiger partial charge in [-0.1, -0.05) is 13.3 Å². The van der Waals surface area contributed by atoms with Crippen LogP contribution in [0.1, 0.15) is 45.4 Å². The molecule has 2 saturated heterocycles. The zero-order chi connectivity index (χ0) is 21.7. The van der Waals surface area contributed by atoms with Crippen LogP contribution in [-0.2, 0) is 19.6 Å². The zero-order valence-corrected chi connectivity index (χ0v) is 18.5. The van der Waals surface area contributed by atoms with Gasteiger partial charge in [0, 0.05) is 43.7 Å². The van der Waals surface area contributed by atoms with E-state index in [9.17, 15) is 18.0 Å². The van der Waals surface area contributed by atoms with E-state index in [1.165, 1.54) is 4.31 Å². The Hall–Kier alpha value is -2.13. The summed E-state index contributed by atoms with van der Waals surface area (Å²) in [7, 11) is -1.69. The van der Waals surface area contributed by atoms with Crippen LogP contribution in [0.4, 0.5) is 11.4 Å². The molecule has 0 atom stereocenters. The van der Waals surface area contributed by atoms with Crippen LogP contribution in [0.5, 0.6) is 5.75 Å². The lowest BCUT2D eigenvalue weighted by Crippen LogP contribution is -2.42. The van der Waals surface area contributed by atoms with Gasteiger partial charge in [-0.3, -0.25) is 9.59 Å². The molecule has 30 heavy (non-hydrogen) atoms. The molecule has 2 fully saturated rings. The van der Waals surface area contributed by atoms with Gasteiger partial charge in [0.25, 0.3) is 0 Å². The number of carbonyl (C=O) groups excluding carboxylic acids is 2. The van der Waals surface area contributed by atoms with E-state index in [1.807, 2.05) is 6.92 Å². The molecule has 3 rings (SSSR count). The van der Waals surface area contributed by atoms with Crippen molar-refractivity contribution in [2.24, 2.45) is 5.92 Å². The van der Waals surface area contributed by atoms with E-state index in [0.29, 0.717) is 62.4 Å². The topological polar surface area (TPSA) is 96.0 Å². The fraction of sp³-hybridized carbons (Fsp3) is 0.619. The molecule has 1 N–H and O–H groups in total. The smallest absolute Gasteiger partial charge is 0.227 e. The highest BCUT2D eigenvalue weighted by atomic mass is 32.2. The number of rotatable bonds is 8. The van der Waals surface area contributed by atoms with Crippen molar-refractivity contribution in [2.75, 3.05) is 42.7 Å². The van der Waals surface area contributed by atoms with Crippen LogP contribution in [0.2, 0.25) is 0 Å². The highest BCUT2D eigenvalue weighted by molar-refractivity contribution is 7.89. The molecule has 0 unspecified atom stereocenters. The number of sulfonamides is 1. The summed E-state index contributed by atoms with van der Waals surface area (Å²) in [6, 6.07) is 5.29. The lowest BCUT2D eigenvalue weighted by molar-refractivity contribution is -0.121. The number of piperidine rings is 1. The predicted octanol–water partition coefficient (Wildman–Crippen LogP) is 2.60. The van der Waals surface area contributed by atoms with E-state index < -0.39 is 10.0 Å². The maximum atomic E-state index is 12.7. The molecule has 166 valence electrons. The van der Waals surface area contributed by atoms with Gasteiger partial charge in [0.15, 0.2) is 0 Å². The molecule has 2 aliphatic rings. The maximum Gasteiger partial charge on any atom is 0.227 e. The zero-order valence-electron chi connectivity index (χ0n) is 17.7. The molecule has 2 amide bonds. The molecule has 0 radical (unpaired) electrons. The highest BCUT2D eigenvalue weighted by Crippen LogP contribution is 2.34. The van der Waals surface area contributed by atoms with E-state index >= 15 is 0 Å². The van der Waals surface area contributed by atoms with Crippen LogP contribution in [0, 0.1) is 5.92 Å². The van der Waals surface area contributed by atoms with Crippen molar-refractivity contribution in [2.45, 2.75) is 45.4 Å². The van der Waals surface area contributed by atoms with Crippen LogP contribution in [0.25, 0.3) is 0 Å². The van der Waals surface area contributed by atoms with Gasteiger partial charge >= 0.3 is 0 Å². The number of ether oxygens (including phenoxy) is 1. The van der Waals surface area contributed by atoms with Crippen LogP contribution >= 0.6 is 0 Å². The summed E-state index contributed by atoms with van der Waals surface area (Å²) in [5.74, 6) is 0.443. The Morgan fingerprint density at radius 1 is 1.23 bits per heavy atom. The second kappa shape index (κ2) is 9.78. The first-order valence-corrected chi connectivity index (χ1v) is 12.2. The van der Waals surface area contributed by atoms with Crippen molar-refractivity contribution in [3.63, 3.8) is 0 Å². The minimum absolute atomic E-state index is 0.0748. The van der Waals surface area contributed by atoms with Crippen molar-refractivity contribution >= 4 is 33.2 Å². The number of anilines is 2. The molecule has 2 aliphatic heterocycles. The Balaban J connectivity index is 1.59. The second-order valence-electron chi connectivity index (χ2n) is 7.87. The number of hydrogen-bond donors (Lipinski definition) is 1. The van der Waals surface area contributed by atoms with Crippen molar-refractivity contribution < 1.29 is 22.7 Å². The van der Waals surface area contributed by atoms with E-state index in [1.54, 1.807) is 30.2 Å². The number of unbranched alkanes of at least 4 members (excludes halogenated alkanes) is 1. The van der Waals surface area contributed by atoms with Gasteiger partial charge in [-0.2, -0.15) is 0 Å². The van der Waals surface area contributed by atoms with Gasteiger partial charge in [0.05, 0.1) is 18.6 Å². The van der Waals surface area contributed by atoms with Crippen molar-refractivity contribution in [3.05, 3.63) is 18.2 Å². The van der Waals surface area contributed by atoms with Crippen LogP contribution in [-0.4, -0.2) is 57.0 Å². The quantitative estimate of drug-likeness (QED) is 0.674. The van der Waals surface area contributed by atoms with Crippen molar-refractivity contribution in [1.29, 1.82) is 0 Å². The fourth-order valence-electron chi connectivity index (χ4n) is 3.98. The standard InChI is InChI=1S/C21H31N3O5S/c1-3-4-14-30(27,28)23-12-9-16(10-13-23)21(26)22-17-7-8-18(19(15-17)29-2)24-11-5-6-20(24)25/h7-8,15-16H,3-6,9-14H2,1-2H3,(H,22,26). The predicted molar refractivity (Wildman–Crippen MR) is 116 cm³/mol. The number of carbonyl (C=O) groups is 2. The Kier molecular flexibility index (Phi) is 7.36. The molecule has 0 spiro atoms. The summed E-state index contributed by atoms with van der Waals surface area (Å²) >= 11 is 0. The lowest BCUT2D eigenvalue weighted by Gasteiger charge is -2.30. The molecular formula is C21H31N3O5S. The van der Waals surface area contributed by atoms with Gasteiger partial charge in [0.1, 0.15) is 5.75 Å². The third-order valence-corrected chi connectivity index (χ3v) is 7.74. The summed E-state index contributed by atoms with van der Waals surface area (Å²) in [6.45, 7) is 3.39. The van der Waals surface area contributed by atoms with Crippen molar-refractivity contribution in [3.8, 4) is 5.75 Å². The SMILES string of the molecule is CCCCS(=O)(=O)N1CCC(C(=O)Nc2ccc(N3CCCC3=O)c(OC)c2)CC1. The number of hydrogen-bond acceptors (Lipinski definition) is 5. The van der Waals surface area contributed by atoms with Gasteiger partial charge in [-0.15, -0.1) is 0 Å². The van der Waals surface area contributed by atoms with Gasteiger partial charge in [-0.25, -0.2) is 12.7 Å². The summed E-state index contributed by atoms with van der Waals surface area (Å²) in [5.41, 5.74) is 1.31. The molecular weight excluding hydrogens is 406 g/mol. The van der Waals surface area contributed by atoms with Crippen LogP contribution in [0.3, 0.4) is 0 Å². The Labute approximate surface area is 178 Å². The molecule has 0 bridgehead atoms. The number of nitrogens with zero attached hydrogens (tertiary/aromatic N) is 2. The van der Waals surface area contributed by atoms with Crippen LogP contribution in [0.15, 0.2) is 18.2 Å². The number of nitrogens with one attached hydrogen (secondary N) is 1. The number of amides is 2. The Morgan fingerprint density at radius 2 is 1.97 bits per heavy atom. The van der Waals surface area contributed by atoms with E-state index in [-0.39, 0.29) is 23.5 Å². The first-order chi connectivity index (χ1) is 14.4. The first-order valence-electron chi connectivity index (χ1n) is 10.6. The van der Waals surface area contributed by atoms with E-state index in [0.717, 1.165) is 12.8 Å². The summed E-state index contributed by atoms with van der Waals surface area (Å²) in [6.07, 6.45) is 3.88. The third kappa shape index (κ3) is 5.13. The molecule has 2 heterocycles. The fourth-order valence-corrected chi connectivity index (χ4v) is 5.66. The summed E-state index contributed by atoms with van der Waals surface area (Å²) < 4.78 is 31.6. The minimum atomic E-state index is -3.23. The summed E-state index contributed by atoms with van der Waals surface area (Å²) in [5, 5.41) is 2.91. The third-order valence-electron chi connectivity index (χ3n) is 5.79. The monoisotopic (exact) mass is 437 g/mol. The van der Waals surface area contributed by atoms with Gasteiger partial charge in [-0.05, 0) is 37.8 Å². The highest BCUT2D eigenvalue weighted by Gasteiger charge is 2.31. The Morgan fingerprint density at radius 3 is 2.57 bits per heavy atom. The van der Waals surface area contributed by atoms with Gasteiger partial charge in [0.2, 0.25) is 21.8 Å². The normalized spacial score (nSPS) is 18.6. The lowest BCUT2D eigenvalue weighted by atomic mass is 9.97. The average molecular weight is 438 g/mol. The first kappa shape index (κ1) is 22.6. The number of benzene rings is 1. The molecule has 1 aromatic carbocycles. The molecule has 0 saturated carbocycles. The molecule has 0 aliphatic carbocycles. The van der Waals surface area contributed by atoms with Crippen molar-refractivity contribution in [1.82, 2.24) is 4.31 Å². The second-order valence-corrected chi connectivity index (χ2v) is 9.96. The number of methoxy groups -OCH3 is 1. The van der Waals surface area contributed by atoms with Crippen LogP contribution < -0.4 is 15.0 Å². The minimum Gasteiger partial charge on any atom is -0.494 e. The van der Waals surface area contributed by atoms with E-state index in [2.05, 4.69) is 5.32 Å². The van der Waals surface area contributed by atoms with Gasteiger partial charge < -0.3 is 15.0 Å². The Bertz CT molecular complexity index is 879. The molecule has 1 aromatic rings. The molecule has 9 heteroatoms. The molecule has 8 nitrogen and oxygen atoms in total. The van der Waals surface area contributed by atoms with E-state index in [4.69, 9.17) is 4.74 Å². The average Bonchev–Trinajstić information content (AvgIpc) is 3.18. The summed E-state index contributed by atoms with van der Waals surface area (Å²) in [4.78, 5) is 26.4. The largest absolute Gasteiger partial charge is 0.494 e. The molecule has 0 aromatic heterocycles. The maximum absolute atomic E-state index is 12.7.